The fraction of sp³-hybridized carbons (Fsp3) is 0.533. The molecule has 0 radical (unpaired) electrons. The number of esters is 2. The molecule has 9 heteroatoms. The van der Waals surface area contributed by atoms with E-state index >= 15 is 0 Å². The summed E-state index contributed by atoms with van der Waals surface area (Å²) in [5.41, 5.74) is 1.12. The maximum Gasteiger partial charge on any atom is 0.309 e. The van der Waals surface area contributed by atoms with Crippen molar-refractivity contribution in [2.75, 3.05) is 20.5 Å². The molecule has 1 aromatic carbocycles. The first-order chi connectivity index (χ1) is 18.7. The van der Waals surface area contributed by atoms with Crippen molar-refractivity contribution in [2.24, 2.45) is 11.8 Å². The summed E-state index contributed by atoms with van der Waals surface area (Å²) in [5.74, 6) is -1.94. The topological polar surface area (TPSA) is 110 Å². The molecule has 0 aliphatic rings. The minimum atomic E-state index is -0.733. The molecule has 2 aromatic rings. The zero-order valence-corrected chi connectivity index (χ0v) is 23.8. The Kier molecular flexibility index (Phi) is 13.4. The largest absolute Gasteiger partial charge is 0.493 e. The van der Waals surface area contributed by atoms with Crippen molar-refractivity contribution in [1.29, 1.82) is 0 Å². The second-order valence-electron chi connectivity index (χ2n) is 9.43. The zero-order chi connectivity index (χ0) is 28.8. The smallest absolute Gasteiger partial charge is 0.309 e. The lowest BCUT2D eigenvalue weighted by Crippen LogP contribution is -2.37. The number of Topliss-reactive ketones (excluding diaryl/α,β-unsaturated/α-hetero) is 1. The van der Waals surface area contributed by atoms with Crippen molar-refractivity contribution < 1.29 is 38.1 Å². The molecule has 0 aliphatic carbocycles. The number of ketones is 1. The third-order valence-corrected chi connectivity index (χ3v) is 6.35. The predicted octanol–water partition coefficient (Wildman–Crippen LogP) is 5.19. The van der Waals surface area contributed by atoms with Crippen molar-refractivity contribution >= 4 is 17.7 Å². The van der Waals surface area contributed by atoms with E-state index in [1.54, 1.807) is 6.92 Å². The Balaban J connectivity index is 2.13. The molecule has 0 aliphatic heterocycles. The standard InChI is InChI=1S/C30H41NO8/c1-7-16-36-26(8-2)24(18-23-12-10-9-11-13-23)21(4)39-30(34)20(3)17-25(33)28-29(38-19-37-22(5)32)27(35-6)14-15-31-28/h9-15,20-21,24,26H,7-8,16-19H2,1-6H3/t20-,21-,24-,26+/m0/s1. The van der Waals surface area contributed by atoms with Gasteiger partial charge in [-0.05, 0) is 31.7 Å². The molecule has 0 spiro atoms. The Bertz CT molecular complexity index is 1060. The number of ether oxygens (including phenoxy) is 5. The Morgan fingerprint density at radius 2 is 1.74 bits per heavy atom. The summed E-state index contributed by atoms with van der Waals surface area (Å²) in [6.45, 7) is 9.11. The summed E-state index contributed by atoms with van der Waals surface area (Å²) in [4.78, 5) is 41.5. The van der Waals surface area contributed by atoms with Crippen molar-refractivity contribution in [1.82, 2.24) is 4.98 Å². The molecule has 214 valence electrons. The maximum atomic E-state index is 13.1. The molecule has 0 N–H and O–H groups in total. The molecule has 0 amide bonds. The molecular formula is C30H41NO8. The van der Waals surface area contributed by atoms with E-state index in [2.05, 4.69) is 31.0 Å². The van der Waals surface area contributed by atoms with E-state index in [9.17, 15) is 14.4 Å². The van der Waals surface area contributed by atoms with E-state index in [1.807, 2.05) is 25.1 Å². The van der Waals surface area contributed by atoms with Gasteiger partial charge in [-0.1, -0.05) is 51.1 Å². The minimum absolute atomic E-state index is 0.0184. The number of hydrogen-bond acceptors (Lipinski definition) is 9. The molecule has 0 saturated heterocycles. The fourth-order valence-electron chi connectivity index (χ4n) is 4.24. The number of benzene rings is 1. The van der Waals surface area contributed by atoms with Crippen LogP contribution in [-0.4, -0.2) is 55.4 Å². The van der Waals surface area contributed by atoms with Crippen molar-refractivity contribution in [3.05, 3.63) is 53.9 Å². The van der Waals surface area contributed by atoms with Gasteiger partial charge < -0.3 is 23.7 Å². The van der Waals surface area contributed by atoms with Crippen LogP contribution < -0.4 is 9.47 Å². The molecule has 0 fully saturated rings. The number of pyridine rings is 1. The molecule has 0 unspecified atom stereocenters. The molecule has 39 heavy (non-hydrogen) atoms. The number of carbonyl (C=O) groups excluding carboxylic acids is 3. The van der Waals surface area contributed by atoms with Gasteiger partial charge in [-0.3, -0.25) is 14.4 Å². The van der Waals surface area contributed by atoms with E-state index in [0.29, 0.717) is 13.0 Å². The van der Waals surface area contributed by atoms with Crippen LogP contribution in [0.2, 0.25) is 0 Å². The van der Waals surface area contributed by atoms with E-state index in [-0.39, 0.29) is 35.6 Å². The Morgan fingerprint density at radius 3 is 2.36 bits per heavy atom. The van der Waals surface area contributed by atoms with Crippen LogP contribution in [-0.2, 0) is 30.2 Å². The molecule has 1 heterocycles. The van der Waals surface area contributed by atoms with Gasteiger partial charge in [0.05, 0.1) is 19.1 Å². The zero-order valence-electron chi connectivity index (χ0n) is 23.8. The highest BCUT2D eigenvalue weighted by molar-refractivity contribution is 5.99. The van der Waals surface area contributed by atoms with Crippen LogP contribution >= 0.6 is 0 Å². The van der Waals surface area contributed by atoms with Crippen molar-refractivity contribution in [3.8, 4) is 11.5 Å². The summed E-state index contributed by atoms with van der Waals surface area (Å²) in [5, 5.41) is 0. The average molecular weight is 544 g/mol. The van der Waals surface area contributed by atoms with Gasteiger partial charge in [0.25, 0.3) is 0 Å². The predicted molar refractivity (Wildman–Crippen MR) is 146 cm³/mol. The normalized spacial score (nSPS) is 14.0. The third-order valence-electron chi connectivity index (χ3n) is 6.35. The number of hydrogen-bond donors (Lipinski definition) is 0. The summed E-state index contributed by atoms with van der Waals surface area (Å²) in [6, 6.07) is 11.6. The van der Waals surface area contributed by atoms with Crippen LogP contribution in [0.1, 0.15) is 69.9 Å². The summed E-state index contributed by atoms with van der Waals surface area (Å²) >= 11 is 0. The van der Waals surface area contributed by atoms with E-state index in [1.165, 1.54) is 26.3 Å². The molecule has 2 rings (SSSR count). The van der Waals surface area contributed by atoms with Gasteiger partial charge in [0.15, 0.2) is 23.0 Å². The van der Waals surface area contributed by atoms with Crippen LogP contribution in [0.4, 0.5) is 0 Å². The molecule has 9 nitrogen and oxygen atoms in total. The minimum Gasteiger partial charge on any atom is -0.493 e. The van der Waals surface area contributed by atoms with Crippen LogP contribution in [0, 0.1) is 11.8 Å². The fourth-order valence-corrected chi connectivity index (χ4v) is 4.24. The van der Waals surface area contributed by atoms with Gasteiger partial charge in [0, 0.05) is 38.1 Å². The van der Waals surface area contributed by atoms with Crippen LogP contribution in [0.3, 0.4) is 0 Å². The van der Waals surface area contributed by atoms with Gasteiger partial charge in [-0.15, -0.1) is 0 Å². The van der Waals surface area contributed by atoms with E-state index in [0.717, 1.165) is 18.4 Å². The number of nitrogens with zero attached hydrogens (tertiary/aromatic N) is 1. The Labute approximate surface area is 231 Å². The molecule has 4 atom stereocenters. The van der Waals surface area contributed by atoms with Crippen molar-refractivity contribution in [3.63, 3.8) is 0 Å². The second kappa shape index (κ2) is 16.5. The van der Waals surface area contributed by atoms with Gasteiger partial charge in [0.1, 0.15) is 6.10 Å². The number of rotatable bonds is 17. The highest BCUT2D eigenvalue weighted by Crippen LogP contribution is 2.31. The quantitative estimate of drug-likeness (QED) is 0.151. The highest BCUT2D eigenvalue weighted by atomic mass is 16.7. The number of carbonyl (C=O) groups is 3. The van der Waals surface area contributed by atoms with E-state index in [4.69, 9.17) is 23.7 Å². The van der Waals surface area contributed by atoms with Gasteiger partial charge in [-0.2, -0.15) is 0 Å². The first kappa shape index (κ1) is 31.8. The van der Waals surface area contributed by atoms with Crippen molar-refractivity contribution in [2.45, 2.75) is 72.5 Å². The lowest BCUT2D eigenvalue weighted by Gasteiger charge is -2.32. The Hall–Kier alpha value is -3.46. The summed E-state index contributed by atoms with van der Waals surface area (Å²) in [6.07, 6.45) is 3.12. The van der Waals surface area contributed by atoms with E-state index < -0.39 is 36.5 Å². The second-order valence-corrected chi connectivity index (χ2v) is 9.43. The third kappa shape index (κ3) is 9.98. The summed E-state index contributed by atoms with van der Waals surface area (Å²) < 4.78 is 27.6. The molecule has 0 saturated carbocycles. The average Bonchev–Trinajstić information content (AvgIpc) is 2.92. The lowest BCUT2D eigenvalue weighted by atomic mass is 9.88. The SMILES string of the molecule is CCCO[C@H](CC)[C@@H](Cc1ccccc1)[C@H](C)OC(=O)[C@@H](C)CC(=O)c1nccc(OC)c1OCOC(C)=O. The number of methoxy groups -OCH3 is 1. The highest BCUT2D eigenvalue weighted by Gasteiger charge is 2.32. The first-order valence-electron chi connectivity index (χ1n) is 13.4. The number of aromatic nitrogens is 1. The van der Waals surface area contributed by atoms with Gasteiger partial charge >= 0.3 is 11.9 Å². The summed E-state index contributed by atoms with van der Waals surface area (Å²) in [7, 11) is 1.42. The first-order valence-corrected chi connectivity index (χ1v) is 13.4. The maximum absolute atomic E-state index is 13.1. The lowest BCUT2D eigenvalue weighted by molar-refractivity contribution is -0.158. The molecule has 0 bridgehead atoms. The van der Waals surface area contributed by atoms with Crippen LogP contribution in [0.5, 0.6) is 11.5 Å². The van der Waals surface area contributed by atoms with Crippen LogP contribution in [0.25, 0.3) is 0 Å². The Morgan fingerprint density at radius 1 is 1.03 bits per heavy atom. The molecule has 1 aromatic heterocycles. The van der Waals surface area contributed by atoms with Gasteiger partial charge in [0.2, 0.25) is 6.79 Å². The molecular weight excluding hydrogens is 502 g/mol. The van der Waals surface area contributed by atoms with Gasteiger partial charge in [-0.25, -0.2) is 4.98 Å². The van der Waals surface area contributed by atoms with Crippen LogP contribution in [0.15, 0.2) is 42.6 Å². The monoisotopic (exact) mass is 543 g/mol.